The van der Waals surface area contributed by atoms with Crippen LogP contribution in [0.5, 0.6) is 0 Å². The van der Waals surface area contributed by atoms with E-state index >= 15 is 0 Å². The summed E-state index contributed by atoms with van der Waals surface area (Å²) >= 11 is 0. The van der Waals surface area contributed by atoms with Crippen molar-refractivity contribution < 1.29 is 0 Å². The maximum absolute atomic E-state index is 2.63. The van der Waals surface area contributed by atoms with Crippen molar-refractivity contribution in [3.05, 3.63) is 185 Å². The number of benzene rings is 4. The van der Waals surface area contributed by atoms with Gasteiger partial charge in [0.15, 0.2) is 0 Å². The zero-order valence-corrected chi connectivity index (χ0v) is 29.7. The molecule has 0 saturated heterocycles. The highest BCUT2D eigenvalue weighted by atomic mass is 15.2. The van der Waals surface area contributed by atoms with Gasteiger partial charge in [-0.25, -0.2) is 0 Å². The molecule has 4 aromatic carbocycles. The van der Waals surface area contributed by atoms with Crippen LogP contribution in [0.1, 0.15) is 75.1 Å². The lowest BCUT2D eigenvalue weighted by Gasteiger charge is -2.39. The highest BCUT2D eigenvalue weighted by molar-refractivity contribution is 5.86. The third-order valence-corrected chi connectivity index (χ3v) is 12.1. The van der Waals surface area contributed by atoms with Crippen molar-refractivity contribution in [1.82, 2.24) is 4.90 Å². The van der Waals surface area contributed by atoms with E-state index in [1.54, 1.807) is 0 Å². The lowest BCUT2D eigenvalue weighted by molar-refractivity contribution is 0.335. The normalized spacial score (nSPS) is 23.0. The molecule has 0 aromatic heterocycles. The molecule has 2 heteroatoms. The van der Waals surface area contributed by atoms with E-state index in [2.05, 4.69) is 189 Å². The lowest BCUT2D eigenvalue weighted by Crippen LogP contribution is -2.35. The molecule has 0 radical (unpaired) electrons. The Morgan fingerprint density at radius 1 is 0.660 bits per heavy atom. The summed E-state index contributed by atoms with van der Waals surface area (Å²) in [6, 6.07) is 34.1. The summed E-state index contributed by atoms with van der Waals surface area (Å²) in [5, 5.41) is 0. The van der Waals surface area contributed by atoms with Crippen molar-refractivity contribution in [2.75, 3.05) is 4.90 Å². The summed E-state index contributed by atoms with van der Waals surface area (Å²) in [4.78, 5) is 5.01. The Balaban J connectivity index is 1.11. The van der Waals surface area contributed by atoms with Crippen LogP contribution >= 0.6 is 0 Å². The Hall–Kier alpha value is -5.08. The third-order valence-electron chi connectivity index (χ3n) is 12.1. The molecule has 0 fully saturated rings. The van der Waals surface area contributed by atoms with Gasteiger partial charge in [-0.2, -0.15) is 0 Å². The van der Waals surface area contributed by atoms with E-state index < -0.39 is 0 Å². The molecule has 0 N–H and O–H groups in total. The molecule has 0 aliphatic heterocycles. The molecular formula is C48H46N2. The van der Waals surface area contributed by atoms with Gasteiger partial charge in [-0.1, -0.05) is 125 Å². The molecule has 3 atom stereocenters. The summed E-state index contributed by atoms with van der Waals surface area (Å²) in [5.41, 5.74) is 14.8. The minimum atomic E-state index is -0.116. The Bertz CT molecular complexity index is 2110. The molecule has 4 aromatic rings. The molecule has 0 saturated carbocycles. The van der Waals surface area contributed by atoms with Gasteiger partial charge in [0, 0.05) is 39.8 Å². The molecular weight excluding hydrogens is 605 g/mol. The number of allylic oxidation sites excluding steroid dienone is 9. The number of para-hydroxylation sites is 2. The average molecular weight is 651 g/mol. The fourth-order valence-electron chi connectivity index (χ4n) is 9.44. The Morgan fingerprint density at radius 2 is 1.40 bits per heavy atom. The zero-order valence-electron chi connectivity index (χ0n) is 29.7. The second-order valence-electron chi connectivity index (χ2n) is 15.7. The number of hydrogen-bond donors (Lipinski definition) is 0. The number of rotatable bonds is 6. The van der Waals surface area contributed by atoms with Crippen molar-refractivity contribution in [3.63, 3.8) is 0 Å². The highest BCUT2D eigenvalue weighted by Crippen LogP contribution is 2.59. The van der Waals surface area contributed by atoms with E-state index in [1.807, 2.05) is 0 Å². The summed E-state index contributed by atoms with van der Waals surface area (Å²) in [7, 11) is 0. The van der Waals surface area contributed by atoms with Crippen LogP contribution in [0.3, 0.4) is 0 Å². The van der Waals surface area contributed by atoms with Crippen LogP contribution in [-0.4, -0.2) is 10.9 Å². The predicted octanol–water partition coefficient (Wildman–Crippen LogP) is 12.3. The van der Waals surface area contributed by atoms with Gasteiger partial charge in [0.25, 0.3) is 0 Å². The molecule has 5 aliphatic rings. The average Bonchev–Trinajstić information content (AvgIpc) is 3.51. The van der Waals surface area contributed by atoms with Crippen molar-refractivity contribution in [1.29, 1.82) is 0 Å². The van der Waals surface area contributed by atoms with Gasteiger partial charge in [-0.3, -0.25) is 0 Å². The van der Waals surface area contributed by atoms with Gasteiger partial charge in [-0.05, 0) is 119 Å². The summed E-state index contributed by atoms with van der Waals surface area (Å²) in [5.74, 6) is 0.778. The van der Waals surface area contributed by atoms with Crippen molar-refractivity contribution >= 4 is 17.1 Å². The van der Waals surface area contributed by atoms with E-state index in [-0.39, 0.29) is 10.8 Å². The van der Waals surface area contributed by atoms with Gasteiger partial charge in [-0.15, -0.1) is 0 Å². The first-order chi connectivity index (χ1) is 24.3. The van der Waals surface area contributed by atoms with Gasteiger partial charge < -0.3 is 9.80 Å². The van der Waals surface area contributed by atoms with E-state index in [1.165, 1.54) is 61.8 Å². The zero-order chi connectivity index (χ0) is 34.0. The molecule has 0 heterocycles. The quantitative estimate of drug-likeness (QED) is 0.205. The van der Waals surface area contributed by atoms with Crippen molar-refractivity contribution in [2.24, 2.45) is 5.92 Å². The topological polar surface area (TPSA) is 6.48 Å². The molecule has 2 nitrogen and oxygen atoms in total. The Labute approximate surface area is 298 Å². The van der Waals surface area contributed by atoms with Crippen molar-refractivity contribution in [3.8, 4) is 11.1 Å². The minimum absolute atomic E-state index is 0.00409. The number of hydrogen-bond acceptors (Lipinski definition) is 2. The van der Waals surface area contributed by atoms with Crippen LogP contribution in [0, 0.1) is 5.92 Å². The standard InChI is InChI=1S/C48H46N2/c1-47(2)43-29-37(49(33-17-9-5-10-18-33)34-19-11-6-12-20-34)25-27-39(43)41-32-46-42(31-45(41)47)40-28-26-38(30-44(40)48(46,3)4)50(35-21-13-7-14-22-35)36-23-15-8-16-24-36/h5-15,17-21,23,25-32,35,40,44H,16,22,24H2,1-4H3. The fourth-order valence-corrected chi connectivity index (χ4v) is 9.44. The third kappa shape index (κ3) is 4.83. The maximum Gasteiger partial charge on any atom is 0.0556 e. The van der Waals surface area contributed by atoms with Gasteiger partial charge >= 0.3 is 0 Å². The van der Waals surface area contributed by atoms with E-state index in [9.17, 15) is 0 Å². The van der Waals surface area contributed by atoms with Crippen LogP contribution in [0.2, 0.25) is 0 Å². The van der Waals surface area contributed by atoms with Crippen LogP contribution < -0.4 is 4.90 Å². The predicted molar refractivity (Wildman–Crippen MR) is 210 cm³/mol. The number of fused-ring (bicyclic) bond motifs is 6. The van der Waals surface area contributed by atoms with E-state index in [0.29, 0.717) is 17.9 Å². The van der Waals surface area contributed by atoms with Crippen LogP contribution in [0.4, 0.5) is 17.1 Å². The number of nitrogens with zero attached hydrogens (tertiary/aromatic N) is 2. The van der Waals surface area contributed by atoms with Crippen LogP contribution in [-0.2, 0) is 10.8 Å². The maximum atomic E-state index is 2.63. The second-order valence-corrected chi connectivity index (χ2v) is 15.7. The molecule has 248 valence electrons. The van der Waals surface area contributed by atoms with Gasteiger partial charge in [0.1, 0.15) is 0 Å². The van der Waals surface area contributed by atoms with E-state index in [0.717, 1.165) is 19.3 Å². The molecule has 0 amide bonds. The SMILES string of the molecule is CC1(C)c2cc(N(c3ccccc3)c3ccccc3)ccc2-c2cc3c(cc21)C1C=CC(N(C2=CC=CCC2)C2C=CC=CC2)=CC1C3(C)C. The minimum Gasteiger partial charge on any atom is -0.338 e. The van der Waals surface area contributed by atoms with Gasteiger partial charge in [0.2, 0.25) is 0 Å². The fraction of sp³-hybridized carbons (Fsp3) is 0.250. The largest absolute Gasteiger partial charge is 0.338 e. The molecule has 3 unspecified atom stereocenters. The smallest absolute Gasteiger partial charge is 0.0556 e. The summed E-state index contributed by atoms with van der Waals surface area (Å²) in [6.45, 7) is 9.81. The number of anilines is 3. The highest BCUT2D eigenvalue weighted by Gasteiger charge is 2.48. The Morgan fingerprint density at radius 3 is 2.08 bits per heavy atom. The molecule has 0 spiro atoms. The summed E-state index contributed by atoms with van der Waals surface area (Å²) in [6.07, 6.45) is 26.8. The molecule has 0 bridgehead atoms. The van der Waals surface area contributed by atoms with Crippen molar-refractivity contribution in [2.45, 2.75) is 69.7 Å². The van der Waals surface area contributed by atoms with Crippen LogP contribution in [0.15, 0.2) is 163 Å². The first-order valence-corrected chi connectivity index (χ1v) is 18.4. The monoisotopic (exact) mass is 650 g/mol. The second kappa shape index (κ2) is 11.8. The summed E-state index contributed by atoms with van der Waals surface area (Å²) < 4.78 is 0. The van der Waals surface area contributed by atoms with Crippen LogP contribution in [0.25, 0.3) is 11.1 Å². The molecule has 50 heavy (non-hydrogen) atoms. The Kier molecular flexibility index (Phi) is 7.28. The van der Waals surface area contributed by atoms with Gasteiger partial charge in [0.05, 0.1) is 6.04 Å². The molecule has 5 aliphatic carbocycles. The lowest BCUT2D eigenvalue weighted by atomic mass is 9.73. The van der Waals surface area contributed by atoms with E-state index in [4.69, 9.17) is 0 Å². The first-order valence-electron chi connectivity index (χ1n) is 18.4. The molecule has 9 rings (SSSR count). The first kappa shape index (κ1) is 30.9.